The molecule has 1 N–H and O–H groups in total. The van der Waals surface area contributed by atoms with E-state index in [9.17, 15) is 9.59 Å². The van der Waals surface area contributed by atoms with Gasteiger partial charge in [-0.2, -0.15) is 0 Å². The van der Waals surface area contributed by atoms with Crippen molar-refractivity contribution in [2.75, 3.05) is 28.3 Å². The van der Waals surface area contributed by atoms with Crippen LogP contribution in [0.4, 0.5) is 4.79 Å². The van der Waals surface area contributed by atoms with Gasteiger partial charge in [-0.05, 0) is 31.7 Å². The molecule has 2 aromatic rings. The Hall–Kier alpha value is -2.77. The number of ether oxygens (including phenoxy) is 2. The minimum absolute atomic E-state index is 0.0160. The second-order valence-corrected chi connectivity index (χ2v) is 7.09. The van der Waals surface area contributed by atoms with E-state index in [1.54, 1.807) is 43.1 Å². The lowest BCUT2D eigenvalue weighted by Gasteiger charge is -2.36. The standard InChI is InChI=1S/C19H26N4O4/c1-22(2)19(25)23(3)12-5-7-13(8-6-12)27-17-9-14-15(10-16(17)26-4)20-11-21-18(14)24/h9-13H,5-8H2,1-4H3,(H,20,21,24)/t12-,13-. The van der Waals surface area contributed by atoms with Crippen LogP contribution in [0.3, 0.4) is 0 Å². The number of fused-ring (bicyclic) bond motifs is 1. The maximum Gasteiger partial charge on any atom is 0.319 e. The lowest BCUT2D eigenvalue weighted by Crippen LogP contribution is -2.45. The number of aromatic amines is 1. The van der Waals surface area contributed by atoms with Gasteiger partial charge in [0.05, 0.1) is 30.4 Å². The molecule has 1 fully saturated rings. The Morgan fingerprint density at radius 1 is 1.15 bits per heavy atom. The Bertz CT molecular complexity index is 872. The van der Waals surface area contributed by atoms with E-state index in [0.29, 0.717) is 22.4 Å². The highest BCUT2D eigenvalue weighted by Gasteiger charge is 2.28. The number of hydrogen-bond donors (Lipinski definition) is 1. The highest BCUT2D eigenvalue weighted by Crippen LogP contribution is 2.34. The first-order valence-corrected chi connectivity index (χ1v) is 9.07. The van der Waals surface area contributed by atoms with Gasteiger partial charge in [-0.1, -0.05) is 0 Å². The summed E-state index contributed by atoms with van der Waals surface area (Å²) < 4.78 is 11.6. The summed E-state index contributed by atoms with van der Waals surface area (Å²) in [6.45, 7) is 0. The zero-order chi connectivity index (χ0) is 19.6. The molecule has 0 aliphatic heterocycles. The minimum atomic E-state index is -0.208. The highest BCUT2D eigenvalue weighted by molar-refractivity contribution is 5.81. The van der Waals surface area contributed by atoms with Crippen molar-refractivity contribution in [3.05, 3.63) is 28.8 Å². The molecule has 1 saturated carbocycles. The van der Waals surface area contributed by atoms with Crippen molar-refractivity contribution in [3.8, 4) is 11.5 Å². The predicted molar refractivity (Wildman–Crippen MR) is 102 cm³/mol. The molecule has 0 bridgehead atoms. The van der Waals surface area contributed by atoms with Crippen molar-refractivity contribution in [3.63, 3.8) is 0 Å². The Morgan fingerprint density at radius 2 is 1.85 bits per heavy atom. The van der Waals surface area contributed by atoms with E-state index in [1.165, 1.54) is 6.33 Å². The molecule has 1 heterocycles. The number of amides is 2. The SMILES string of the molecule is COc1cc2nc[nH]c(=O)c2cc1O[C@H]1CC[C@H](N(C)C(=O)N(C)C)CC1. The van der Waals surface area contributed by atoms with Crippen LogP contribution in [0.5, 0.6) is 11.5 Å². The molecule has 1 aliphatic carbocycles. The zero-order valence-electron chi connectivity index (χ0n) is 16.2. The Morgan fingerprint density at radius 3 is 2.48 bits per heavy atom. The molecule has 2 amide bonds. The van der Waals surface area contributed by atoms with E-state index in [4.69, 9.17) is 9.47 Å². The van der Waals surface area contributed by atoms with Crippen LogP contribution < -0.4 is 15.0 Å². The summed E-state index contributed by atoms with van der Waals surface area (Å²) in [4.78, 5) is 34.3. The summed E-state index contributed by atoms with van der Waals surface area (Å²) in [5, 5.41) is 0.471. The van der Waals surface area contributed by atoms with Crippen molar-refractivity contribution in [2.45, 2.75) is 37.8 Å². The maximum atomic E-state index is 12.1. The number of rotatable bonds is 4. The average Bonchev–Trinajstić information content (AvgIpc) is 2.67. The van der Waals surface area contributed by atoms with E-state index in [1.807, 2.05) is 7.05 Å². The van der Waals surface area contributed by atoms with Crippen LogP contribution in [-0.4, -0.2) is 66.2 Å². The van der Waals surface area contributed by atoms with Gasteiger partial charge in [-0.3, -0.25) is 4.79 Å². The molecule has 1 aliphatic rings. The smallest absolute Gasteiger partial charge is 0.319 e. The Labute approximate surface area is 158 Å². The van der Waals surface area contributed by atoms with Gasteiger partial charge in [0.25, 0.3) is 5.56 Å². The van der Waals surface area contributed by atoms with E-state index >= 15 is 0 Å². The third kappa shape index (κ3) is 3.99. The number of urea groups is 1. The predicted octanol–water partition coefficient (Wildman–Crippen LogP) is 2.24. The lowest BCUT2D eigenvalue weighted by atomic mass is 9.92. The van der Waals surface area contributed by atoms with Crippen LogP contribution in [-0.2, 0) is 0 Å². The lowest BCUT2D eigenvalue weighted by molar-refractivity contribution is 0.0991. The molecule has 0 radical (unpaired) electrons. The molecule has 1 aromatic carbocycles. The van der Waals surface area contributed by atoms with E-state index in [0.717, 1.165) is 25.7 Å². The van der Waals surface area contributed by atoms with Crippen LogP contribution in [0.15, 0.2) is 23.3 Å². The van der Waals surface area contributed by atoms with Crippen molar-refractivity contribution < 1.29 is 14.3 Å². The van der Waals surface area contributed by atoms with Crippen LogP contribution in [0, 0.1) is 0 Å². The Balaban J connectivity index is 1.71. The first-order chi connectivity index (χ1) is 12.9. The number of hydrogen-bond acceptors (Lipinski definition) is 5. The number of nitrogens with one attached hydrogen (secondary N) is 1. The normalized spacial score (nSPS) is 19.6. The third-order valence-corrected chi connectivity index (χ3v) is 5.10. The van der Waals surface area contributed by atoms with Gasteiger partial charge < -0.3 is 24.3 Å². The number of methoxy groups -OCH3 is 1. The van der Waals surface area contributed by atoms with Crippen molar-refractivity contribution in [2.24, 2.45) is 0 Å². The van der Waals surface area contributed by atoms with Crippen LogP contribution >= 0.6 is 0 Å². The molecule has 3 rings (SSSR count). The fourth-order valence-corrected chi connectivity index (χ4v) is 3.53. The number of carbonyl (C=O) groups is 1. The fraction of sp³-hybridized carbons (Fsp3) is 0.526. The summed E-state index contributed by atoms with van der Waals surface area (Å²) in [5.41, 5.74) is 0.357. The number of carbonyl (C=O) groups excluding carboxylic acids is 1. The number of aromatic nitrogens is 2. The second-order valence-electron chi connectivity index (χ2n) is 7.09. The van der Waals surface area contributed by atoms with Crippen LogP contribution in [0.25, 0.3) is 10.9 Å². The summed E-state index contributed by atoms with van der Waals surface area (Å²) in [5.74, 6) is 1.10. The molecule has 0 spiro atoms. The summed E-state index contributed by atoms with van der Waals surface area (Å²) >= 11 is 0. The van der Waals surface area contributed by atoms with Crippen molar-refractivity contribution in [1.82, 2.24) is 19.8 Å². The topological polar surface area (TPSA) is 87.8 Å². The number of H-pyrrole nitrogens is 1. The molecule has 1 aromatic heterocycles. The monoisotopic (exact) mass is 374 g/mol. The first-order valence-electron chi connectivity index (χ1n) is 9.07. The van der Waals surface area contributed by atoms with Crippen LogP contribution in [0.1, 0.15) is 25.7 Å². The molecule has 27 heavy (non-hydrogen) atoms. The molecule has 0 saturated heterocycles. The van der Waals surface area contributed by atoms with Gasteiger partial charge in [-0.15, -0.1) is 0 Å². The molecular formula is C19H26N4O4. The summed E-state index contributed by atoms with van der Waals surface area (Å²) in [6, 6.07) is 3.63. The molecule has 0 atom stereocenters. The molecule has 0 unspecified atom stereocenters. The fourth-order valence-electron chi connectivity index (χ4n) is 3.53. The highest BCUT2D eigenvalue weighted by atomic mass is 16.5. The van der Waals surface area contributed by atoms with Gasteiger partial charge in [0.1, 0.15) is 0 Å². The van der Waals surface area contributed by atoms with E-state index in [-0.39, 0.29) is 23.7 Å². The van der Waals surface area contributed by atoms with Crippen LogP contribution in [0.2, 0.25) is 0 Å². The van der Waals surface area contributed by atoms with E-state index in [2.05, 4.69) is 9.97 Å². The second kappa shape index (κ2) is 7.85. The molecular weight excluding hydrogens is 348 g/mol. The quantitative estimate of drug-likeness (QED) is 0.887. The number of nitrogens with zero attached hydrogens (tertiary/aromatic N) is 3. The first kappa shape index (κ1) is 19.0. The molecule has 8 heteroatoms. The number of benzene rings is 1. The minimum Gasteiger partial charge on any atom is -0.493 e. The van der Waals surface area contributed by atoms with Crippen molar-refractivity contribution >= 4 is 16.9 Å². The summed E-state index contributed by atoms with van der Waals surface area (Å²) in [6.07, 6.45) is 4.81. The largest absolute Gasteiger partial charge is 0.493 e. The van der Waals surface area contributed by atoms with Gasteiger partial charge >= 0.3 is 6.03 Å². The van der Waals surface area contributed by atoms with Gasteiger partial charge in [0, 0.05) is 33.3 Å². The van der Waals surface area contributed by atoms with Gasteiger partial charge in [0.2, 0.25) is 0 Å². The van der Waals surface area contributed by atoms with Gasteiger partial charge in [0.15, 0.2) is 11.5 Å². The summed E-state index contributed by atoms with van der Waals surface area (Å²) in [7, 11) is 6.94. The van der Waals surface area contributed by atoms with E-state index < -0.39 is 0 Å². The molecule has 8 nitrogen and oxygen atoms in total. The third-order valence-electron chi connectivity index (χ3n) is 5.10. The Kier molecular flexibility index (Phi) is 5.53. The van der Waals surface area contributed by atoms with Crippen molar-refractivity contribution in [1.29, 1.82) is 0 Å². The zero-order valence-corrected chi connectivity index (χ0v) is 16.2. The average molecular weight is 374 g/mol. The van der Waals surface area contributed by atoms with Gasteiger partial charge in [-0.25, -0.2) is 9.78 Å². The maximum absolute atomic E-state index is 12.1. The molecule has 146 valence electrons.